The van der Waals surface area contributed by atoms with Gasteiger partial charge in [0.05, 0.1) is 11.6 Å². The largest absolute Gasteiger partial charge is 0.339 e. The Labute approximate surface area is 105 Å². The maximum Gasteiger partial charge on any atom is 0.227 e. The molecule has 0 amide bonds. The summed E-state index contributed by atoms with van der Waals surface area (Å²) in [6.45, 7) is 3.34. The number of hydrogen-bond donors (Lipinski definition) is 1. The first-order chi connectivity index (χ1) is 8.78. The number of nitrogens with zero attached hydrogens (tertiary/aromatic N) is 3. The van der Waals surface area contributed by atoms with Crippen molar-refractivity contribution < 1.29 is 4.52 Å². The smallest absolute Gasteiger partial charge is 0.227 e. The summed E-state index contributed by atoms with van der Waals surface area (Å²) in [6, 6.07) is 9.63. The minimum atomic E-state index is 0.653. The molecule has 18 heavy (non-hydrogen) atoms. The van der Waals surface area contributed by atoms with Crippen LogP contribution in [0.5, 0.6) is 0 Å². The highest BCUT2D eigenvalue weighted by atomic mass is 16.5. The highest BCUT2D eigenvalue weighted by molar-refractivity contribution is 5.31. The molecule has 0 aliphatic rings. The molecule has 0 aliphatic carbocycles. The molecule has 0 aliphatic heterocycles. The zero-order chi connectivity index (χ0) is 12.8. The third-order valence-electron chi connectivity index (χ3n) is 2.50. The second-order valence-corrected chi connectivity index (χ2v) is 3.97. The monoisotopic (exact) mass is 242 g/mol. The Hall–Kier alpha value is -2.19. The van der Waals surface area contributed by atoms with Crippen LogP contribution in [-0.2, 0) is 13.0 Å². The fourth-order valence-corrected chi connectivity index (χ4v) is 1.57. The normalized spacial score (nSPS) is 10.2. The van der Waals surface area contributed by atoms with Crippen LogP contribution in [0.15, 0.2) is 28.8 Å². The van der Waals surface area contributed by atoms with Crippen LogP contribution in [-0.4, -0.2) is 16.7 Å². The Morgan fingerprint density at radius 3 is 2.72 bits per heavy atom. The third-order valence-corrected chi connectivity index (χ3v) is 2.50. The van der Waals surface area contributed by atoms with Gasteiger partial charge in [-0.1, -0.05) is 17.3 Å². The van der Waals surface area contributed by atoms with Gasteiger partial charge in [0.25, 0.3) is 0 Å². The number of rotatable bonds is 5. The third kappa shape index (κ3) is 3.40. The number of hydrogen-bond acceptors (Lipinski definition) is 5. The standard InChI is InChI=1S/C13H14N4O/c1-10-16-13(18-17-10)6-7-15-9-12-4-2-11(8-14)3-5-12/h2-5,15H,6-7,9H2,1H3. The quantitative estimate of drug-likeness (QED) is 0.806. The topological polar surface area (TPSA) is 74.7 Å². The fraction of sp³-hybridized carbons (Fsp3) is 0.308. The Balaban J connectivity index is 1.73. The Kier molecular flexibility index (Phi) is 4.05. The van der Waals surface area contributed by atoms with E-state index in [0.29, 0.717) is 17.3 Å². The van der Waals surface area contributed by atoms with Crippen molar-refractivity contribution in [2.24, 2.45) is 0 Å². The van der Waals surface area contributed by atoms with E-state index in [9.17, 15) is 0 Å². The van der Waals surface area contributed by atoms with E-state index in [4.69, 9.17) is 9.78 Å². The summed E-state index contributed by atoms with van der Waals surface area (Å²) in [4.78, 5) is 4.12. The minimum absolute atomic E-state index is 0.653. The molecule has 2 rings (SSSR count). The van der Waals surface area contributed by atoms with Crippen LogP contribution in [0, 0.1) is 18.3 Å². The van der Waals surface area contributed by atoms with E-state index in [0.717, 1.165) is 25.1 Å². The molecule has 1 N–H and O–H groups in total. The van der Waals surface area contributed by atoms with Gasteiger partial charge in [0, 0.05) is 19.5 Å². The van der Waals surface area contributed by atoms with Crippen molar-refractivity contribution in [1.29, 1.82) is 5.26 Å². The molecule has 5 nitrogen and oxygen atoms in total. The maximum absolute atomic E-state index is 8.68. The molecular formula is C13H14N4O. The molecule has 1 aromatic heterocycles. The lowest BCUT2D eigenvalue weighted by Gasteiger charge is -2.03. The average Bonchev–Trinajstić information content (AvgIpc) is 2.81. The van der Waals surface area contributed by atoms with Gasteiger partial charge in [-0.3, -0.25) is 0 Å². The minimum Gasteiger partial charge on any atom is -0.339 e. The lowest BCUT2D eigenvalue weighted by atomic mass is 10.1. The van der Waals surface area contributed by atoms with Crippen LogP contribution in [0.3, 0.4) is 0 Å². The summed E-state index contributed by atoms with van der Waals surface area (Å²) in [6.07, 6.45) is 0.719. The predicted octanol–water partition coefficient (Wildman–Crippen LogP) is 1.58. The second-order valence-electron chi connectivity index (χ2n) is 3.97. The highest BCUT2D eigenvalue weighted by Crippen LogP contribution is 2.03. The van der Waals surface area contributed by atoms with Crippen molar-refractivity contribution in [3.05, 3.63) is 47.1 Å². The van der Waals surface area contributed by atoms with Gasteiger partial charge < -0.3 is 9.84 Å². The predicted molar refractivity (Wildman–Crippen MR) is 65.6 cm³/mol. The molecule has 0 unspecified atom stereocenters. The molecule has 2 aromatic rings. The molecule has 1 heterocycles. The van der Waals surface area contributed by atoms with E-state index in [-0.39, 0.29) is 0 Å². The second kappa shape index (κ2) is 5.94. The molecule has 0 spiro atoms. The summed E-state index contributed by atoms with van der Waals surface area (Å²) in [5, 5.41) is 15.7. The lowest BCUT2D eigenvalue weighted by Crippen LogP contribution is -2.16. The first-order valence-electron chi connectivity index (χ1n) is 5.77. The summed E-state index contributed by atoms with van der Waals surface area (Å²) in [5.74, 6) is 1.32. The van der Waals surface area contributed by atoms with Gasteiger partial charge in [0.2, 0.25) is 5.89 Å². The molecule has 0 atom stereocenters. The molecule has 0 fully saturated rings. The van der Waals surface area contributed by atoms with Gasteiger partial charge in [-0.25, -0.2) is 0 Å². The molecule has 5 heteroatoms. The summed E-state index contributed by atoms with van der Waals surface area (Å²) >= 11 is 0. The average molecular weight is 242 g/mol. The van der Waals surface area contributed by atoms with Crippen LogP contribution in [0.1, 0.15) is 22.8 Å². The number of nitrogens with one attached hydrogen (secondary N) is 1. The molecule has 0 radical (unpaired) electrons. The molecule has 0 saturated heterocycles. The van der Waals surface area contributed by atoms with E-state index in [2.05, 4.69) is 21.5 Å². The Morgan fingerprint density at radius 2 is 2.11 bits per heavy atom. The first-order valence-corrected chi connectivity index (χ1v) is 5.77. The fourth-order valence-electron chi connectivity index (χ4n) is 1.57. The van der Waals surface area contributed by atoms with Crippen molar-refractivity contribution in [2.45, 2.75) is 19.9 Å². The van der Waals surface area contributed by atoms with Gasteiger partial charge in [0.1, 0.15) is 0 Å². The Morgan fingerprint density at radius 1 is 1.33 bits per heavy atom. The zero-order valence-electron chi connectivity index (χ0n) is 10.2. The van der Waals surface area contributed by atoms with Gasteiger partial charge in [-0.15, -0.1) is 0 Å². The first kappa shape index (κ1) is 12.3. The number of nitriles is 1. The van der Waals surface area contributed by atoms with Gasteiger partial charge in [-0.05, 0) is 24.6 Å². The van der Waals surface area contributed by atoms with Gasteiger partial charge in [0.15, 0.2) is 5.82 Å². The molecule has 1 aromatic carbocycles. The van der Waals surface area contributed by atoms with Crippen molar-refractivity contribution in [3.63, 3.8) is 0 Å². The molecule has 92 valence electrons. The zero-order valence-corrected chi connectivity index (χ0v) is 10.2. The van der Waals surface area contributed by atoms with E-state index in [1.807, 2.05) is 24.3 Å². The molecule has 0 bridgehead atoms. The van der Waals surface area contributed by atoms with Crippen LogP contribution >= 0.6 is 0 Å². The van der Waals surface area contributed by atoms with E-state index in [1.165, 1.54) is 0 Å². The van der Waals surface area contributed by atoms with Crippen LogP contribution in [0.4, 0.5) is 0 Å². The maximum atomic E-state index is 8.68. The molecular weight excluding hydrogens is 228 g/mol. The summed E-state index contributed by atoms with van der Waals surface area (Å²) in [5.41, 5.74) is 1.83. The number of aryl methyl sites for hydroxylation is 1. The van der Waals surface area contributed by atoms with Crippen molar-refractivity contribution in [2.75, 3.05) is 6.54 Å². The molecule has 0 saturated carbocycles. The van der Waals surface area contributed by atoms with Gasteiger partial charge >= 0.3 is 0 Å². The Bertz CT molecular complexity index is 539. The van der Waals surface area contributed by atoms with E-state index in [1.54, 1.807) is 6.92 Å². The highest BCUT2D eigenvalue weighted by Gasteiger charge is 2.01. The SMILES string of the molecule is Cc1noc(CCNCc2ccc(C#N)cc2)n1. The van der Waals surface area contributed by atoms with E-state index >= 15 is 0 Å². The van der Waals surface area contributed by atoms with Crippen molar-refractivity contribution >= 4 is 0 Å². The number of benzene rings is 1. The van der Waals surface area contributed by atoms with Crippen LogP contribution < -0.4 is 5.32 Å². The van der Waals surface area contributed by atoms with E-state index < -0.39 is 0 Å². The summed E-state index contributed by atoms with van der Waals surface area (Å²) in [7, 11) is 0. The van der Waals surface area contributed by atoms with Crippen LogP contribution in [0.2, 0.25) is 0 Å². The van der Waals surface area contributed by atoms with Crippen LogP contribution in [0.25, 0.3) is 0 Å². The van der Waals surface area contributed by atoms with Crippen molar-refractivity contribution in [3.8, 4) is 6.07 Å². The summed E-state index contributed by atoms with van der Waals surface area (Å²) < 4.78 is 5.01. The van der Waals surface area contributed by atoms with Crippen molar-refractivity contribution in [1.82, 2.24) is 15.5 Å². The lowest BCUT2D eigenvalue weighted by molar-refractivity contribution is 0.372. The number of aromatic nitrogens is 2. The van der Waals surface area contributed by atoms with Gasteiger partial charge in [-0.2, -0.15) is 10.2 Å².